The summed E-state index contributed by atoms with van der Waals surface area (Å²) >= 11 is 0. The molecule has 3 aromatic rings. The normalized spacial score (nSPS) is 15.6. The number of methoxy groups -OCH3 is 1. The van der Waals surface area contributed by atoms with Crippen molar-refractivity contribution in [3.05, 3.63) is 95.1 Å². The van der Waals surface area contributed by atoms with E-state index in [1.165, 1.54) is 22.4 Å². The summed E-state index contributed by atoms with van der Waals surface area (Å²) in [6.07, 6.45) is 0.785. The molecule has 2 amide bonds. The molecule has 1 aliphatic heterocycles. The Kier molecular flexibility index (Phi) is 9.18. The molecule has 0 aromatic heterocycles. The quantitative estimate of drug-likeness (QED) is 0.306. The number of nitrogens with one attached hydrogen (secondary N) is 1. The molecule has 1 atom stereocenters. The summed E-state index contributed by atoms with van der Waals surface area (Å²) in [5.74, 6) is 0.841. The van der Waals surface area contributed by atoms with Gasteiger partial charge >= 0.3 is 6.03 Å². The Morgan fingerprint density at radius 3 is 2.08 bits per heavy atom. The Hall–Kier alpha value is -3.51. The first kappa shape index (κ1) is 28.5. The molecule has 1 saturated heterocycles. The van der Waals surface area contributed by atoms with Crippen LogP contribution < -0.4 is 15.1 Å². The summed E-state index contributed by atoms with van der Waals surface area (Å²) < 4.78 is 5.30. The Balaban J connectivity index is 1.48. The molecule has 0 aliphatic carbocycles. The number of urea groups is 1. The van der Waals surface area contributed by atoms with E-state index >= 15 is 0 Å². The number of hydrazine groups is 1. The summed E-state index contributed by atoms with van der Waals surface area (Å²) in [5, 5.41) is 1.79. The van der Waals surface area contributed by atoms with E-state index in [4.69, 9.17) is 4.74 Å². The van der Waals surface area contributed by atoms with E-state index in [9.17, 15) is 4.79 Å². The number of benzene rings is 3. The van der Waals surface area contributed by atoms with Crippen molar-refractivity contribution in [3.63, 3.8) is 0 Å². The highest BCUT2D eigenvalue weighted by molar-refractivity contribution is 5.77. The van der Waals surface area contributed by atoms with Crippen LogP contribution in [-0.4, -0.2) is 49.2 Å². The van der Waals surface area contributed by atoms with Gasteiger partial charge < -0.3 is 14.5 Å². The fourth-order valence-electron chi connectivity index (χ4n) is 5.15. The molecule has 1 aliphatic rings. The minimum atomic E-state index is -0.0118. The first-order chi connectivity index (χ1) is 18.7. The molecule has 0 saturated carbocycles. The Morgan fingerprint density at radius 1 is 0.897 bits per heavy atom. The molecule has 6 nitrogen and oxygen atoms in total. The maximum atomic E-state index is 13.6. The van der Waals surface area contributed by atoms with E-state index in [2.05, 4.69) is 106 Å². The Morgan fingerprint density at radius 2 is 1.51 bits per heavy atom. The third-order valence-corrected chi connectivity index (χ3v) is 7.71. The highest BCUT2D eigenvalue weighted by Gasteiger charge is 2.38. The number of hydrogen-bond acceptors (Lipinski definition) is 4. The van der Waals surface area contributed by atoms with Gasteiger partial charge in [0.25, 0.3) is 0 Å². The van der Waals surface area contributed by atoms with Crippen molar-refractivity contribution in [3.8, 4) is 5.75 Å². The van der Waals surface area contributed by atoms with Gasteiger partial charge in [-0.2, -0.15) is 0 Å². The zero-order valence-corrected chi connectivity index (χ0v) is 24.4. The second-order valence-electron chi connectivity index (χ2n) is 11.2. The van der Waals surface area contributed by atoms with Crippen LogP contribution in [-0.2, 0) is 18.4 Å². The van der Waals surface area contributed by atoms with Crippen LogP contribution >= 0.6 is 0 Å². The predicted molar refractivity (Wildman–Crippen MR) is 160 cm³/mol. The number of carbonyl (C=O) groups is 1. The van der Waals surface area contributed by atoms with Gasteiger partial charge in [-0.3, -0.25) is 5.01 Å². The summed E-state index contributed by atoms with van der Waals surface area (Å²) in [7, 11) is 1.68. The van der Waals surface area contributed by atoms with Gasteiger partial charge in [0, 0.05) is 31.9 Å². The van der Waals surface area contributed by atoms with Crippen molar-refractivity contribution < 1.29 is 9.53 Å². The van der Waals surface area contributed by atoms with Gasteiger partial charge in [0.2, 0.25) is 0 Å². The number of nitrogens with zero attached hydrogens (tertiary/aromatic N) is 3. The minimum Gasteiger partial charge on any atom is -0.497 e. The monoisotopic (exact) mass is 528 g/mol. The molecule has 1 heterocycles. The largest absolute Gasteiger partial charge is 0.497 e. The Bertz CT molecular complexity index is 1200. The van der Waals surface area contributed by atoms with Gasteiger partial charge in [0.05, 0.1) is 19.7 Å². The lowest BCUT2D eigenvalue weighted by Crippen LogP contribution is -2.41. The maximum Gasteiger partial charge on any atom is 0.335 e. The van der Waals surface area contributed by atoms with Gasteiger partial charge in [-0.15, -0.1) is 0 Å². The van der Waals surface area contributed by atoms with Gasteiger partial charge in [-0.1, -0.05) is 69.3 Å². The lowest BCUT2D eigenvalue weighted by molar-refractivity contribution is 0.171. The second-order valence-corrected chi connectivity index (χ2v) is 11.2. The van der Waals surface area contributed by atoms with Crippen LogP contribution in [0.1, 0.15) is 62.9 Å². The van der Waals surface area contributed by atoms with E-state index in [1.807, 2.05) is 17.0 Å². The van der Waals surface area contributed by atoms with Crippen molar-refractivity contribution >= 4 is 11.7 Å². The van der Waals surface area contributed by atoms with Gasteiger partial charge in [0.1, 0.15) is 5.75 Å². The van der Waals surface area contributed by atoms with Crippen LogP contribution in [0.4, 0.5) is 10.5 Å². The molecule has 0 spiro atoms. The molecule has 1 fully saturated rings. The number of anilines is 1. The van der Waals surface area contributed by atoms with E-state index < -0.39 is 0 Å². The Labute approximate surface area is 234 Å². The van der Waals surface area contributed by atoms with Crippen LogP contribution in [0, 0.1) is 0 Å². The molecule has 0 radical (unpaired) electrons. The van der Waals surface area contributed by atoms with Crippen molar-refractivity contribution in [2.45, 2.75) is 59.0 Å². The van der Waals surface area contributed by atoms with Gasteiger partial charge in [0.15, 0.2) is 0 Å². The van der Waals surface area contributed by atoms with Crippen LogP contribution in [0.5, 0.6) is 5.75 Å². The summed E-state index contributed by atoms with van der Waals surface area (Å²) in [6.45, 7) is 14.8. The lowest BCUT2D eigenvalue weighted by atomic mass is 9.86. The summed E-state index contributed by atoms with van der Waals surface area (Å²) in [4.78, 5) is 18.0. The van der Waals surface area contributed by atoms with Crippen LogP contribution in [0.3, 0.4) is 0 Å². The zero-order chi connectivity index (χ0) is 28.0. The maximum absolute atomic E-state index is 13.6. The van der Waals surface area contributed by atoms with Crippen molar-refractivity contribution in [2.75, 3.05) is 38.2 Å². The molecular formula is C33H44N4O2. The first-order valence-corrected chi connectivity index (χ1v) is 14.1. The van der Waals surface area contributed by atoms with Crippen LogP contribution in [0.2, 0.25) is 0 Å². The second kappa shape index (κ2) is 12.6. The number of ether oxygens (including phenoxy) is 1. The fraction of sp³-hybridized carbons (Fsp3) is 0.424. The topological polar surface area (TPSA) is 48.0 Å². The first-order valence-electron chi connectivity index (χ1n) is 14.1. The highest BCUT2D eigenvalue weighted by atomic mass is 16.5. The lowest BCUT2D eigenvalue weighted by Gasteiger charge is -2.25. The third kappa shape index (κ3) is 6.93. The number of hydrogen-bond donors (Lipinski definition) is 1. The summed E-state index contributed by atoms with van der Waals surface area (Å²) in [5.41, 5.74) is 9.53. The van der Waals surface area contributed by atoms with Gasteiger partial charge in [-0.25, -0.2) is 10.2 Å². The molecule has 0 bridgehead atoms. The van der Waals surface area contributed by atoms with Crippen molar-refractivity contribution in [1.29, 1.82) is 0 Å². The summed E-state index contributed by atoms with van der Waals surface area (Å²) in [6, 6.07) is 25.5. The number of carbonyl (C=O) groups excluding carboxylic acids is 1. The molecule has 3 aromatic carbocycles. The van der Waals surface area contributed by atoms with E-state index in [0.717, 1.165) is 30.8 Å². The van der Waals surface area contributed by atoms with E-state index in [0.29, 0.717) is 19.6 Å². The standard InChI is InChI=1S/C33H44N4O2/c1-7-35(8-2)29-17-9-26(10-18-29)23-34-37-24-31(27-13-15-28(16-14-27)33(3,4)5)36(32(37)38)22-21-25-11-19-30(39-6)20-12-25/h9-20,31,34H,7-8,21-24H2,1-6H3. The number of rotatable bonds is 11. The molecule has 6 heteroatoms. The SMILES string of the molecule is CCN(CC)c1ccc(CNN2CC(c3ccc(C(C)(C)C)cc3)N(CCc3ccc(OC)cc3)C2=O)cc1. The minimum absolute atomic E-state index is 0.0118. The van der Waals surface area contributed by atoms with Crippen molar-refractivity contribution in [2.24, 2.45) is 0 Å². The molecular weight excluding hydrogens is 484 g/mol. The average molecular weight is 529 g/mol. The number of amides is 2. The zero-order valence-electron chi connectivity index (χ0n) is 24.4. The van der Waals surface area contributed by atoms with Crippen LogP contribution in [0.15, 0.2) is 72.8 Å². The van der Waals surface area contributed by atoms with Crippen molar-refractivity contribution in [1.82, 2.24) is 15.3 Å². The van der Waals surface area contributed by atoms with Gasteiger partial charge in [-0.05, 0) is 72.2 Å². The fourth-order valence-corrected chi connectivity index (χ4v) is 5.15. The smallest absolute Gasteiger partial charge is 0.335 e. The highest BCUT2D eigenvalue weighted by Crippen LogP contribution is 2.31. The third-order valence-electron chi connectivity index (χ3n) is 7.71. The molecule has 39 heavy (non-hydrogen) atoms. The molecule has 4 rings (SSSR count). The average Bonchev–Trinajstić information content (AvgIpc) is 3.26. The molecule has 1 N–H and O–H groups in total. The van der Waals surface area contributed by atoms with Crippen LogP contribution in [0.25, 0.3) is 0 Å². The van der Waals surface area contributed by atoms with E-state index in [-0.39, 0.29) is 17.5 Å². The van der Waals surface area contributed by atoms with E-state index in [1.54, 1.807) is 12.1 Å². The predicted octanol–water partition coefficient (Wildman–Crippen LogP) is 6.57. The molecule has 1 unspecified atom stereocenters. The molecule has 208 valence electrons.